The van der Waals surface area contributed by atoms with Crippen LogP contribution in [0.25, 0.3) is 0 Å². The number of unbranched alkanes of at least 4 members (excludes halogenated alkanes) is 1. The van der Waals surface area contributed by atoms with Crippen LogP contribution in [0.2, 0.25) is 0 Å². The van der Waals surface area contributed by atoms with E-state index in [1.165, 1.54) is 17.0 Å². The second-order valence-corrected chi connectivity index (χ2v) is 6.89. The highest BCUT2D eigenvalue weighted by Gasteiger charge is 2.31. The van der Waals surface area contributed by atoms with E-state index in [-0.39, 0.29) is 24.8 Å². The molecule has 0 aliphatic heterocycles. The highest BCUT2D eigenvalue weighted by Crippen LogP contribution is 2.31. The minimum atomic E-state index is -4.52. The minimum Gasteiger partial charge on any atom is -0.338 e. The Hall–Kier alpha value is -3.23. The first-order valence-corrected chi connectivity index (χ1v) is 10.1. The van der Waals surface area contributed by atoms with Gasteiger partial charge in [0, 0.05) is 31.0 Å². The first-order chi connectivity index (χ1) is 14.8. The highest BCUT2D eigenvalue weighted by molar-refractivity contribution is 6.01. The van der Waals surface area contributed by atoms with Crippen LogP contribution in [0.15, 0.2) is 54.6 Å². The summed E-state index contributed by atoms with van der Waals surface area (Å²) in [7, 11) is 0. The number of hydrogen-bond acceptors (Lipinski definition) is 2. The van der Waals surface area contributed by atoms with E-state index in [2.05, 4.69) is 16.0 Å². The zero-order valence-electron chi connectivity index (χ0n) is 17.3. The lowest BCUT2D eigenvalue weighted by Crippen LogP contribution is -2.40. The fraction of sp³-hybridized carbons (Fsp3) is 0.364. The van der Waals surface area contributed by atoms with Crippen molar-refractivity contribution in [2.75, 3.05) is 29.9 Å². The van der Waals surface area contributed by atoms with Gasteiger partial charge < -0.3 is 16.0 Å². The number of anilines is 2. The van der Waals surface area contributed by atoms with Crippen LogP contribution in [0.3, 0.4) is 0 Å². The maximum atomic E-state index is 13.1. The molecule has 0 heterocycles. The molecule has 3 N–H and O–H groups in total. The van der Waals surface area contributed by atoms with Gasteiger partial charge in [0.1, 0.15) is 0 Å². The molecule has 0 atom stereocenters. The van der Waals surface area contributed by atoms with Crippen molar-refractivity contribution in [1.29, 1.82) is 0 Å². The molecule has 2 aromatic rings. The molecule has 31 heavy (non-hydrogen) atoms. The average molecular weight is 436 g/mol. The van der Waals surface area contributed by atoms with E-state index >= 15 is 0 Å². The maximum Gasteiger partial charge on any atom is 0.416 e. The quantitative estimate of drug-likeness (QED) is 0.471. The van der Waals surface area contributed by atoms with Gasteiger partial charge in [0.2, 0.25) is 0 Å². The summed E-state index contributed by atoms with van der Waals surface area (Å²) in [6, 6.07) is 12.4. The first kappa shape index (κ1) is 24.0. The van der Waals surface area contributed by atoms with Crippen molar-refractivity contribution in [3.8, 4) is 0 Å². The van der Waals surface area contributed by atoms with Crippen molar-refractivity contribution in [2.45, 2.75) is 32.4 Å². The molecule has 0 unspecified atom stereocenters. The molecule has 0 saturated carbocycles. The lowest BCUT2D eigenvalue weighted by atomic mass is 10.1. The van der Waals surface area contributed by atoms with Crippen molar-refractivity contribution < 1.29 is 22.8 Å². The van der Waals surface area contributed by atoms with Crippen LogP contribution in [-0.2, 0) is 6.18 Å². The van der Waals surface area contributed by atoms with Gasteiger partial charge in [-0.15, -0.1) is 0 Å². The predicted octanol–water partition coefficient (Wildman–Crippen LogP) is 5.23. The molecule has 6 nitrogen and oxygen atoms in total. The highest BCUT2D eigenvalue weighted by atomic mass is 19.4. The van der Waals surface area contributed by atoms with Crippen molar-refractivity contribution in [2.24, 2.45) is 0 Å². The molecule has 0 bridgehead atoms. The number of amides is 4. The van der Waals surface area contributed by atoms with E-state index < -0.39 is 17.8 Å². The molecular formula is C22H27F3N4O2. The Morgan fingerprint density at radius 2 is 1.61 bits per heavy atom. The number of hydrogen-bond donors (Lipinski definition) is 3. The van der Waals surface area contributed by atoms with Gasteiger partial charge in [0.25, 0.3) is 0 Å². The Labute approximate surface area is 179 Å². The van der Waals surface area contributed by atoms with Crippen molar-refractivity contribution in [3.63, 3.8) is 0 Å². The average Bonchev–Trinajstić information content (AvgIpc) is 2.74. The summed E-state index contributed by atoms with van der Waals surface area (Å²) in [5, 5.41) is 8.09. The molecule has 0 fully saturated rings. The number of para-hydroxylation sites is 1. The lowest BCUT2D eigenvalue weighted by molar-refractivity contribution is -0.137. The molecule has 0 radical (unpaired) electrons. The SMILES string of the molecule is CCCCNC(=O)NCCCN(C(=O)Nc1ccccc1)c1cccc(C(F)(F)F)c1. The summed E-state index contributed by atoms with van der Waals surface area (Å²) in [5.41, 5.74) is -0.190. The van der Waals surface area contributed by atoms with Crippen molar-refractivity contribution in [3.05, 3.63) is 60.2 Å². The number of rotatable bonds is 9. The number of nitrogens with one attached hydrogen (secondary N) is 3. The second kappa shape index (κ2) is 11.8. The summed E-state index contributed by atoms with van der Waals surface area (Å²) in [6.07, 6.45) is -2.32. The first-order valence-electron chi connectivity index (χ1n) is 10.1. The third-order valence-corrected chi connectivity index (χ3v) is 4.42. The Kier molecular flexibility index (Phi) is 9.17. The third kappa shape index (κ3) is 8.19. The van der Waals surface area contributed by atoms with E-state index in [4.69, 9.17) is 0 Å². The van der Waals surface area contributed by atoms with E-state index in [0.717, 1.165) is 25.0 Å². The molecule has 4 amide bonds. The number of nitrogens with zero attached hydrogens (tertiary/aromatic N) is 1. The molecule has 0 aliphatic rings. The minimum absolute atomic E-state index is 0.120. The summed E-state index contributed by atoms with van der Waals surface area (Å²) in [5.74, 6) is 0. The molecule has 9 heteroatoms. The summed E-state index contributed by atoms with van der Waals surface area (Å²) in [4.78, 5) is 25.8. The monoisotopic (exact) mass is 436 g/mol. The molecule has 0 spiro atoms. The predicted molar refractivity (Wildman–Crippen MR) is 115 cm³/mol. The number of urea groups is 2. The summed E-state index contributed by atoms with van der Waals surface area (Å²) in [6.45, 7) is 2.97. The number of halogens is 3. The van der Waals surface area contributed by atoms with E-state index in [1.54, 1.807) is 30.3 Å². The van der Waals surface area contributed by atoms with E-state index in [9.17, 15) is 22.8 Å². The van der Waals surface area contributed by atoms with Crippen molar-refractivity contribution >= 4 is 23.4 Å². The van der Waals surface area contributed by atoms with Crippen LogP contribution >= 0.6 is 0 Å². The van der Waals surface area contributed by atoms with Gasteiger partial charge in [-0.25, -0.2) is 9.59 Å². The number of carbonyl (C=O) groups is 2. The van der Waals surface area contributed by atoms with Crippen LogP contribution in [0.1, 0.15) is 31.7 Å². The Balaban J connectivity index is 2.06. The van der Waals surface area contributed by atoms with Gasteiger partial charge in [-0.05, 0) is 43.2 Å². The molecule has 2 rings (SSSR count). The summed E-state index contributed by atoms with van der Waals surface area (Å²) >= 11 is 0. The zero-order valence-corrected chi connectivity index (χ0v) is 17.3. The maximum absolute atomic E-state index is 13.1. The van der Waals surface area contributed by atoms with E-state index in [0.29, 0.717) is 18.7 Å². The molecule has 168 valence electrons. The van der Waals surface area contributed by atoms with Gasteiger partial charge in [-0.1, -0.05) is 37.6 Å². The van der Waals surface area contributed by atoms with Crippen molar-refractivity contribution in [1.82, 2.24) is 10.6 Å². The zero-order chi connectivity index (χ0) is 22.7. The number of carbonyl (C=O) groups excluding carboxylic acids is 2. The number of alkyl halides is 3. The van der Waals surface area contributed by atoms with Gasteiger partial charge >= 0.3 is 18.2 Å². The van der Waals surface area contributed by atoms with Crippen LogP contribution < -0.4 is 20.9 Å². The molecule has 0 aromatic heterocycles. The largest absolute Gasteiger partial charge is 0.416 e. The molecule has 2 aromatic carbocycles. The van der Waals surface area contributed by atoms with E-state index in [1.807, 2.05) is 6.92 Å². The fourth-order valence-corrected chi connectivity index (χ4v) is 2.79. The molecule has 0 saturated heterocycles. The standard InChI is InChI=1S/C22H27F3N4O2/c1-2-3-13-26-20(30)27-14-8-15-29(21(31)28-18-10-5-4-6-11-18)19-12-7-9-17(16-19)22(23,24)25/h4-7,9-12,16H,2-3,8,13-15H2,1H3,(H,28,31)(H2,26,27,30). The normalized spacial score (nSPS) is 11.0. The van der Waals surface area contributed by atoms with Crippen LogP contribution in [-0.4, -0.2) is 31.7 Å². The van der Waals surface area contributed by atoms with Crippen LogP contribution in [0.5, 0.6) is 0 Å². The van der Waals surface area contributed by atoms with Crippen LogP contribution in [0.4, 0.5) is 34.1 Å². The topological polar surface area (TPSA) is 73.5 Å². The van der Waals surface area contributed by atoms with Gasteiger partial charge in [-0.2, -0.15) is 13.2 Å². The van der Waals surface area contributed by atoms with Gasteiger partial charge in [0.15, 0.2) is 0 Å². The molecular weight excluding hydrogens is 409 g/mol. The Bertz CT molecular complexity index is 844. The number of benzene rings is 2. The van der Waals surface area contributed by atoms with Gasteiger partial charge in [0.05, 0.1) is 5.56 Å². The Morgan fingerprint density at radius 1 is 0.935 bits per heavy atom. The Morgan fingerprint density at radius 3 is 2.26 bits per heavy atom. The van der Waals surface area contributed by atoms with Crippen LogP contribution in [0, 0.1) is 0 Å². The second-order valence-electron chi connectivity index (χ2n) is 6.89. The summed E-state index contributed by atoms with van der Waals surface area (Å²) < 4.78 is 39.4. The lowest BCUT2D eigenvalue weighted by Gasteiger charge is -2.24. The third-order valence-electron chi connectivity index (χ3n) is 4.42. The molecule has 0 aliphatic carbocycles. The smallest absolute Gasteiger partial charge is 0.338 e. The van der Waals surface area contributed by atoms with Gasteiger partial charge in [-0.3, -0.25) is 4.90 Å². The fourth-order valence-electron chi connectivity index (χ4n) is 2.79.